The van der Waals surface area contributed by atoms with Crippen molar-refractivity contribution >= 4 is 39.6 Å². The number of thiocarbonyl (C=S) groups is 1. The molecule has 138 valence electrons. The molecule has 0 radical (unpaired) electrons. The van der Waals surface area contributed by atoms with Crippen molar-refractivity contribution in [2.24, 2.45) is 10.2 Å². The lowest BCUT2D eigenvalue weighted by Crippen LogP contribution is -2.47. The van der Waals surface area contributed by atoms with E-state index >= 15 is 0 Å². The van der Waals surface area contributed by atoms with Crippen LogP contribution in [0.4, 0.5) is 11.4 Å². The van der Waals surface area contributed by atoms with Gasteiger partial charge in [0.2, 0.25) is 11.0 Å². The maximum absolute atomic E-state index is 10.1. The molecule has 1 saturated heterocycles. The molecule has 0 amide bonds. The third-order valence-electron chi connectivity index (χ3n) is 4.81. The van der Waals surface area contributed by atoms with E-state index in [1.54, 1.807) is 0 Å². The van der Waals surface area contributed by atoms with Crippen molar-refractivity contribution in [3.63, 3.8) is 0 Å². The van der Waals surface area contributed by atoms with Gasteiger partial charge >= 0.3 is 0 Å². The van der Waals surface area contributed by atoms with Crippen LogP contribution in [0.3, 0.4) is 0 Å². The van der Waals surface area contributed by atoms with Crippen LogP contribution in [-0.4, -0.2) is 46.3 Å². The van der Waals surface area contributed by atoms with Crippen molar-refractivity contribution in [1.29, 1.82) is 0 Å². The molecule has 0 aliphatic carbocycles. The first kappa shape index (κ1) is 17.5. The fraction of sp³-hybridized carbons (Fsp3) is 0.250. The van der Waals surface area contributed by atoms with Crippen LogP contribution >= 0.6 is 12.2 Å². The number of aryl methyl sites for hydroxylation is 1. The van der Waals surface area contributed by atoms with E-state index < -0.39 is 0 Å². The highest BCUT2D eigenvalue weighted by Crippen LogP contribution is 2.36. The molecule has 0 atom stereocenters. The quantitative estimate of drug-likeness (QED) is 0.512. The Morgan fingerprint density at radius 3 is 2.56 bits per heavy atom. The van der Waals surface area contributed by atoms with Crippen molar-refractivity contribution < 1.29 is 5.11 Å². The lowest BCUT2D eigenvalue weighted by Gasteiger charge is -2.36. The lowest BCUT2D eigenvalue weighted by molar-refractivity contribution is 0.387. The monoisotopic (exact) mass is 379 g/mol. The second-order valence-electron chi connectivity index (χ2n) is 6.66. The van der Waals surface area contributed by atoms with Crippen LogP contribution in [0.1, 0.15) is 5.56 Å². The number of fused-ring (bicyclic) bond motifs is 1. The molecule has 0 spiro atoms. The van der Waals surface area contributed by atoms with Crippen molar-refractivity contribution in [2.45, 2.75) is 6.92 Å². The van der Waals surface area contributed by atoms with Gasteiger partial charge in [-0.15, -0.1) is 10.2 Å². The zero-order chi connectivity index (χ0) is 18.8. The number of aromatic hydroxyl groups is 1. The topological polar surface area (TPSA) is 67.2 Å². The molecule has 0 bridgehead atoms. The van der Waals surface area contributed by atoms with E-state index in [9.17, 15) is 5.11 Å². The number of hydrogen-bond donors (Lipinski definition) is 2. The molecule has 6 nitrogen and oxygen atoms in total. The van der Waals surface area contributed by atoms with Gasteiger partial charge in [-0.1, -0.05) is 29.8 Å². The number of benzene rings is 2. The van der Waals surface area contributed by atoms with E-state index in [4.69, 9.17) is 12.2 Å². The van der Waals surface area contributed by atoms with Crippen molar-refractivity contribution in [1.82, 2.24) is 9.88 Å². The second kappa shape index (κ2) is 7.36. The second-order valence-corrected chi connectivity index (χ2v) is 7.03. The van der Waals surface area contributed by atoms with Gasteiger partial charge in [-0.25, -0.2) is 0 Å². The number of azo groups is 1. The van der Waals surface area contributed by atoms with Gasteiger partial charge in [-0.05, 0) is 43.4 Å². The average Bonchev–Trinajstić information content (AvgIpc) is 3.01. The van der Waals surface area contributed by atoms with Crippen LogP contribution in [0, 0.1) is 6.92 Å². The summed E-state index contributed by atoms with van der Waals surface area (Å²) in [5.74, 6) is 0.0102. The van der Waals surface area contributed by atoms with Gasteiger partial charge in [0.15, 0.2) is 5.69 Å². The van der Waals surface area contributed by atoms with Crippen LogP contribution < -0.4 is 4.90 Å². The number of aromatic amines is 1. The Morgan fingerprint density at radius 2 is 1.81 bits per heavy atom. The Labute approximate surface area is 163 Å². The number of para-hydroxylation sites is 1. The highest BCUT2D eigenvalue weighted by molar-refractivity contribution is 7.80. The summed E-state index contributed by atoms with van der Waals surface area (Å²) in [6.45, 7) is 5.37. The summed E-state index contributed by atoms with van der Waals surface area (Å²) in [6, 6.07) is 16.2. The van der Waals surface area contributed by atoms with Crippen molar-refractivity contribution in [3.05, 3.63) is 54.1 Å². The highest BCUT2D eigenvalue weighted by atomic mass is 32.1. The molecule has 27 heavy (non-hydrogen) atoms. The summed E-state index contributed by atoms with van der Waals surface area (Å²) in [5.41, 5.74) is 3.58. The number of nitrogens with one attached hydrogen (secondary N) is 1. The van der Waals surface area contributed by atoms with Crippen LogP contribution in [0.25, 0.3) is 10.9 Å². The Balaban J connectivity index is 1.44. The zero-order valence-electron chi connectivity index (χ0n) is 15.1. The van der Waals surface area contributed by atoms with Crippen LogP contribution in [-0.2, 0) is 0 Å². The molecule has 3 aromatic rings. The molecule has 1 aromatic heterocycles. The van der Waals surface area contributed by atoms with E-state index in [1.807, 2.05) is 31.2 Å². The van der Waals surface area contributed by atoms with Crippen LogP contribution in [0.2, 0.25) is 0 Å². The number of aromatic nitrogens is 1. The van der Waals surface area contributed by atoms with Gasteiger partial charge < -0.3 is 19.9 Å². The predicted molar refractivity (Wildman–Crippen MR) is 112 cm³/mol. The van der Waals surface area contributed by atoms with E-state index in [0.717, 1.165) is 42.6 Å². The zero-order valence-corrected chi connectivity index (χ0v) is 15.9. The molecule has 0 saturated carbocycles. The number of H-pyrrole nitrogens is 1. The number of piperazine rings is 1. The largest absolute Gasteiger partial charge is 0.493 e. The van der Waals surface area contributed by atoms with E-state index in [-0.39, 0.29) is 5.88 Å². The molecule has 4 rings (SSSR count). The number of rotatable bonds is 2. The molecule has 1 fully saturated rings. The summed E-state index contributed by atoms with van der Waals surface area (Å²) in [5, 5.41) is 19.9. The summed E-state index contributed by atoms with van der Waals surface area (Å²) in [4.78, 5) is 7.31. The smallest absolute Gasteiger partial charge is 0.218 e. The molecular weight excluding hydrogens is 358 g/mol. The summed E-state index contributed by atoms with van der Waals surface area (Å²) in [7, 11) is 0. The van der Waals surface area contributed by atoms with Crippen molar-refractivity contribution in [3.8, 4) is 5.88 Å². The summed E-state index contributed by atoms with van der Waals surface area (Å²) >= 11 is 5.45. The Kier molecular flexibility index (Phi) is 4.77. The fourth-order valence-corrected chi connectivity index (χ4v) is 3.55. The maximum Gasteiger partial charge on any atom is 0.218 e. The minimum atomic E-state index is 0.0102. The standard InChI is InChI=1S/C20H21N5OS/c1-14-7-8-17-16(13-14)18(19(26)21-17)22-23-20(27)25-11-9-24(10-12-25)15-5-3-2-4-6-15/h2-8,13,21,26H,9-12H2,1H3. The molecule has 1 aliphatic heterocycles. The van der Waals surface area contributed by atoms with Gasteiger partial charge in [0.25, 0.3) is 0 Å². The first-order chi connectivity index (χ1) is 13.1. The molecule has 0 unspecified atom stereocenters. The average molecular weight is 379 g/mol. The van der Waals surface area contributed by atoms with E-state index in [2.05, 4.69) is 49.3 Å². The minimum absolute atomic E-state index is 0.0102. The van der Waals surface area contributed by atoms with Gasteiger partial charge in [0.1, 0.15) is 0 Å². The predicted octanol–water partition coefficient (Wildman–Crippen LogP) is 4.37. The molecular formula is C20H21N5OS. The van der Waals surface area contributed by atoms with E-state index in [1.165, 1.54) is 5.69 Å². The van der Waals surface area contributed by atoms with Gasteiger partial charge in [-0.3, -0.25) is 0 Å². The summed E-state index contributed by atoms with van der Waals surface area (Å²) in [6.07, 6.45) is 0. The van der Waals surface area contributed by atoms with Crippen LogP contribution in [0.15, 0.2) is 58.8 Å². The van der Waals surface area contributed by atoms with E-state index in [0.29, 0.717) is 10.8 Å². The summed E-state index contributed by atoms with van der Waals surface area (Å²) < 4.78 is 0. The molecule has 2 aromatic carbocycles. The third kappa shape index (κ3) is 3.64. The third-order valence-corrected chi connectivity index (χ3v) is 5.15. The Hall–Kier alpha value is -2.93. The first-order valence-electron chi connectivity index (χ1n) is 8.94. The lowest BCUT2D eigenvalue weighted by atomic mass is 10.2. The highest BCUT2D eigenvalue weighted by Gasteiger charge is 2.19. The Bertz CT molecular complexity index is 990. The van der Waals surface area contributed by atoms with Gasteiger partial charge in [-0.2, -0.15) is 0 Å². The van der Waals surface area contributed by atoms with Gasteiger partial charge in [0, 0.05) is 37.3 Å². The van der Waals surface area contributed by atoms with Crippen LogP contribution in [0.5, 0.6) is 5.88 Å². The first-order valence-corrected chi connectivity index (χ1v) is 9.34. The molecule has 7 heteroatoms. The number of anilines is 1. The number of hydrogen-bond acceptors (Lipinski definition) is 4. The minimum Gasteiger partial charge on any atom is -0.493 e. The Morgan fingerprint density at radius 1 is 1.07 bits per heavy atom. The number of nitrogens with zero attached hydrogens (tertiary/aromatic N) is 4. The van der Waals surface area contributed by atoms with Gasteiger partial charge in [0.05, 0.1) is 5.52 Å². The SMILES string of the molecule is Cc1ccc2[nH]c(O)c(N=NC(=S)N3CCN(c4ccccc4)CC3)c2c1. The molecule has 1 aliphatic rings. The molecule has 2 N–H and O–H groups in total. The maximum atomic E-state index is 10.1. The molecule has 2 heterocycles. The fourth-order valence-electron chi connectivity index (χ4n) is 3.33. The van der Waals surface area contributed by atoms with Crippen molar-refractivity contribution in [2.75, 3.05) is 31.1 Å². The normalized spacial score (nSPS) is 15.0.